The number of hydrogen-bond acceptors (Lipinski definition) is 0. The van der Waals surface area contributed by atoms with Gasteiger partial charge in [0.2, 0.25) is 0 Å². The standard InChI is InChI=1S/C10H11P3/c1-7-3-5-9(6-4-7)10-8(2)11-13-12-10/h3-6,11H,1-2H3. The minimum absolute atomic E-state index is 1.03. The summed E-state index contributed by atoms with van der Waals surface area (Å²) in [6.45, 7) is 4.40. The van der Waals surface area contributed by atoms with Crippen LogP contribution in [0.4, 0.5) is 0 Å². The molecule has 13 heavy (non-hydrogen) atoms. The zero-order chi connectivity index (χ0) is 9.26. The van der Waals surface area contributed by atoms with Crippen LogP contribution in [0.5, 0.6) is 0 Å². The van der Waals surface area contributed by atoms with Gasteiger partial charge in [0.1, 0.15) is 0 Å². The van der Waals surface area contributed by atoms with Gasteiger partial charge in [0.05, 0.1) is 0 Å². The molecule has 0 radical (unpaired) electrons. The normalized spacial score (nSPS) is 12.2. The van der Waals surface area contributed by atoms with Crippen molar-refractivity contribution in [2.75, 3.05) is 0 Å². The molecule has 1 unspecified atom stereocenters. The van der Waals surface area contributed by atoms with Crippen LogP contribution in [0.1, 0.15) is 10.9 Å². The van der Waals surface area contributed by atoms with E-state index < -0.39 is 0 Å². The van der Waals surface area contributed by atoms with Gasteiger partial charge in [-0.25, -0.2) is 0 Å². The van der Waals surface area contributed by atoms with Gasteiger partial charge in [-0.3, -0.25) is 0 Å². The monoisotopic (exact) mass is 224 g/mol. The summed E-state index contributed by atoms with van der Waals surface area (Å²) in [6.07, 6.45) is 0. The van der Waals surface area contributed by atoms with Crippen molar-refractivity contribution in [1.82, 2.24) is 0 Å². The maximum absolute atomic E-state index is 2.26. The second-order valence-corrected chi connectivity index (χ2v) is 8.64. The molecular formula is C10H11P3. The zero-order valence-electron chi connectivity index (χ0n) is 7.70. The van der Waals surface area contributed by atoms with Crippen molar-refractivity contribution in [2.45, 2.75) is 13.8 Å². The van der Waals surface area contributed by atoms with E-state index >= 15 is 0 Å². The van der Waals surface area contributed by atoms with Crippen molar-refractivity contribution < 1.29 is 0 Å². The predicted octanol–water partition coefficient (Wildman–Crippen LogP) is 5.16. The molecule has 0 fully saturated rings. The first-order chi connectivity index (χ1) is 6.27. The summed E-state index contributed by atoms with van der Waals surface area (Å²) < 4.78 is 0. The minimum atomic E-state index is 1.03. The molecule has 0 saturated heterocycles. The minimum Gasteiger partial charge on any atom is -0.102 e. The molecule has 1 aromatic heterocycles. The molecule has 1 atom stereocenters. The summed E-state index contributed by atoms with van der Waals surface area (Å²) in [6, 6.07) is 8.88. The average molecular weight is 224 g/mol. The Morgan fingerprint density at radius 1 is 1.08 bits per heavy atom. The molecule has 0 spiro atoms. The van der Waals surface area contributed by atoms with Crippen LogP contribution in [-0.4, -0.2) is 0 Å². The third-order valence-electron chi connectivity index (χ3n) is 2.05. The largest absolute Gasteiger partial charge is 0.102 e. The van der Waals surface area contributed by atoms with Gasteiger partial charge in [-0.1, -0.05) is 29.8 Å². The summed E-state index contributed by atoms with van der Waals surface area (Å²) in [5, 5.41) is 3.15. The average Bonchev–Trinajstić information content (AvgIpc) is 2.53. The van der Waals surface area contributed by atoms with Crippen molar-refractivity contribution in [2.24, 2.45) is 0 Å². The van der Waals surface area contributed by atoms with E-state index in [2.05, 4.69) is 38.1 Å². The molecule has 0 saturated carbocycles. The van der Waals surface area contributed by atoms with Gasteiger partial charge in [0, 0.05) is 5.30 Å². The molecule has 2 rings (SSSR count). The fourth-order valence-corrected chi connectivity index (χ4v) is 7.84. The summed E-state index contributed by atoms with van der Waals surface area (Å²) >= 11 is 0. The van der Waals surface area contributed by atoms with Crippen LogP contribution in [-0.2, 0) is 0 Å². The van der Waals surface area contributed by atoms with Gasteiger partial charge in [-0.2, -0.15) is 0 Å². The first kappa shape index (κ1) is 9.42. The second-order valence-electron chi connectivity index (χ2n) is 3.15. The molecule has 1 aromatic carbocycles. The lowest BCUT2D eigenvalue weighted by Gasteiger charge is -1.99. The number of benzene rings is 1. The van der Waals surface area contributed by atoms with E-state index in [4.69, 9.17) is 0 Å². The number of hydrogen-bond donors (Lipinski definition) is 0. The molecule has 0 aliphatic carbocycles. The maximum atomic E-state index is 2.26. The molecule has 66 valence electrons. The van der Waals surface area contributed by atoms with E-state index in [1.807, 2.05) is 0 Å². The van der Waals surface area contributed by atoms with Crippen molar-refractivity contribution >= 4 is 23.3 Å². The lowest BCUT2D eigenvalue weighted by Crippen LogP contribution is -1.74. The third-order valence-corrected chi connectivity index (χ3v) is 7.84. The Morgan fingerprint density at radius 2 is 1.77 bits per heavy atom. The van der Waals surface area contributed by atoms with E-state index in [0.29, 0.717) is 0 Å². The van der Waals surface area contributed by atoms with Crippen molar-refractivity contribution in [1.29, 1.82) is 0 Å². The molecule has 1 heterocycles. The van der Waals surface area contributed by atoms with E-state index in [1.165, 1.54) is 19.0 Å². The fraction of sp³-hybridized carbons (Fsp3) is 0.200. The maximum Gasteiger partial charge on any atom is 0.0208 e. The first-order valence-corrected chi connectivity index (χ1v) is 8.55. The van der Waals surface area contributed by atoms with E-state index in [1.54, 1.807) is 18.1 Å². The van der Waals surface area contributed by atoms with Gasteiger partial charge in [-0.05, 0) is 40.1 Å². The molecule has 0 amide bonds. The topological polar surface area (TPSA) is 0 Å². The van der Waals surface area contributed by atoms with Crippen LogP contribution in [0.3, 0.4) is 0 Å². The molecule has 0 N–H and O–H groups in total. The summed E-state index contributed by atoms with van der Waals surface area (Å²) in [5.74, 6) is 0. The van der Waals surface area contributed by atoms with Crippen molar-refractivity contribution in [3.05, 3.63) is 35.1 Å². The van der Waals surface area contributed by atoms with Gasteiger partial charge >= 0.3 is 0 Å². The van der Waals surface area contributed by atoms with Crippen LogP contribution in [0.2, 0.25) is 0 Å². The van der Waals surface area contributed by atoms with Gasteiger partial charge < -0.3 is 0 Å². The predicted molar refractivity (Wildman–Crippen MR) is 65.9 cm³/mol. The van der Waals surface area contributed by atoms with E-state index in [-0.39, 0.29) is 0 Å². The van der Waals surface area contributed by atoms with E-state index in [9.17, 15) is 0 Å². The van der Waals surface area contributed by atoms with Crippen molar-refractivity contribution in [3.63, 3.8) is 0 Å². The van der Waals surface area contributed by atoms with Gasteiger partial charge in [0.25, 0.3) is 0 Å². The number of aryl methyl sites for hydroxylation is 2. The Hall–Kier alpha value is -0.140. The highest BCUT2D eigenvalue weighted by Crippen LogP contribution is 2.46. The molecule has 0 nitrogen and oxygen atoms in total. The lowest BCUT2D eigenvalue weighted by molar-refractivity contribution is 1.47. The lowest BCUT2D eigenvalue weighted by atomic mass is 10.1. The molecular weight excluding hydrogens is 213 g/mol. The number of rotatable bonds is 1. The Balaban J connectivity index is 2.47. The van der Waals surface area contributed by atoms with Crippen LogP contribution >= 0.6 is 23.3 Å². The zero-order valence-corrected chi connectivity index (χ0v) is 10.5. The SMILES string of the molecule is Cc1ccc(-c2pp[pH]c2C)cc1. The Labute approximate surface area is 83.5 Å². The molecule has 2 aromatic rings. The van der Waals surface area contributed by atoms with Crippen LogP contribution in [0, 0.1) is 13.8 Å². The summed E-state index contributed by atoms with van der Waals surface area (Å²) in [4.78, 5) is 0. The molecule has 0 aliphatic rings. The summed E-state index contributed by atoms with van der Waals surface area (Å²) in [7, 11) is 4.09. The third kappa shape index (κ3) is 2.03. The van der Waals surface area contributed by atoms with Crippen LogP contribution in [0.15, 0.2) is 24.3 Å². The Bertz CT molecular complexity index is 400. The fourth-order valence-electron chi connectivity index (χ4n) is 1.26. The van der Waals surface area contributed by atoms with Crippen molar-refractivity contribution in [3.8, 4) is 10.9 Å². The molecule has 0 bridgehead atoms. The Kier molecular flexibility index (Phi) is 2.85. The highest BCUT2D eigenvalue weighted by atomic mass is 32.1. The van der Waals surface area contributed by atoms with Crippen LogP contribution < -0.4 is 0 Å². The first-order valence-electron chi connectivity index (χ1n) is 4.22. The summed E-state index contributed by atoms with van der Waals surface area (Å²) in [5.41, 5.74) is 2.76. The smallest absolute Gasteiger partial charge is 0.0208 e. The molecule has 3 heteroatoms. The quantitative estimate of drug-likeness (QED) is 0.627. The Morgan fingerprint density at radius 3 is 2.31 bits per heavy atom. The highest BCUT2D eigenvalue weighted by Gasteiger charge is 2.01. The molecule has 0 aliphatic heterocycles. The van der Waals surface area contributed by atoms with E-state index in [0.717, 1.165) is 7.87 Å². The second kappa shape index (κ2) is 3.93. The van der Waals surface area contributed by atoms with Gasteiger partial charge in [-0.15, -0.1) is 7.87 Å². The van der Waals surface area contributed by atoms with Crippen LogP contribution in [0.25, 0.3) is 10.9 Å². The highest BCUT2D eigenvalue weighted by molar-refractivity contribution is 8.18. The van der Waals surface area contributed by atoms with Gasteiger partial charge in [0.15, 0.2) is 0 Å².